The quantitative estimate of drug-likeness (QED) is 0.475. The van der Waals surface area contributed by atoms with Gasteiger partial charge < -0.3 is 0 Å². The molecule has 0 spiro atoms. The van der Waals surface area contributed by atoms with Gasteiger partial charge in [-0.1, -0.05) is 12.2 Å². The SMILES string of the molecule is C1=C[C@H]2C[C@@H]3CCCN2[C@@H]3C1. The van der Waals surface area contributed by atoms with Crippen LogP contribution in [0.1, 0.15) is 25.7 Å². The largest absolute Gasteiger partial charge is 0.293 e. The lowest BCUT2D eigenvalue weighted by molar-refractivity contribution is 0.151. The molecule has 0 radical (unpaired) electrons. The van der Waals surface area contributed by atoms with E-state index in [4.69, 9.17) is 0 Å². The molecule has 3 rings (SSSR count). The molecule has 1 heteroatoms. The Morgan fingerprint density at radius 3 is 3.27 bits per heavy atom. The Balaban J connectivity index is 1.97. The third kappa shape index (κ3) is 0.750. The van der Waals surface area contributed by atoms with Crippen molar-refractivity contribution in [3.8, 4) is 0 Å². The van der Waals surface area contributed by atoms with Gasteiger partial charge >= 0.3 is 0 Å². The highest BCUT2D eigenvalue weighted by atomic mass is 15.2. The van der Waals surface area contributed by atoms with E-state index in [0.717, 1.165) is 18.0 Å². The van der Waals surface area contributed by atoms with Gasteiger partial charge in [-0.05, 0) is 38.1 Å². The van der Waals surface area contributed by atoms with E-state index >= 15 is 0 Å². The zero-order valence-corrected chi connectivity index (χ0v) is 6.87. The fourth-order valence-corrected chi connectivity index (χ4v) is 3.19. The number of rotatable bonds is 0. The van der Waals surface area contributed by atoms with Gasteiger partial charge in [-0.15, -0.1) is 0 Å². The van der Waals surface area contributed by atoms with Crippen molar-refractivity contribution in [1.82, 2.24) is 4.90 Å². The molecule has 0 N–H and O–H groups in total. The van der Waals surface area contributed by atoms with E-state index < -0.39 is 0 Å². The van der Waals surface area contributed by atoms with Crippen LogP contribution in [0.3, 0.4) is 0 Å². The zero-order valence-electron chi connectivity index (χ0n) is 6.87. The predicted molar refractivity (Wildman–Crippen MR) is 45.4 cm³/mol. The van der Waals surface area contributed by atoms with Gasteiger partial charge in [-0.3, -0.25) is 4.90 Å². The smallest absolute Gasteiger partial charge is 0.0284 e. The second-order valence-electron chi connectivity index (χ2n) is 4.17. The Labute approximate surface area is 68.1 Å². The highest BCUT2D eigenvalue weighted by molar-refractivity contribution is 5.12. The molecule has 0 saturated carbocycles. The van der Waals surface area contributed by atoms with Crippen LogP contribution in [0.4, 0.5) is 0 Å². The van der Waals surface area contributed by atoms with Crippen molar-refractivity contribution in [2.75, 3.05) is 6.54 Å². The Bertz CT molecular complexity index is 197. The van der Waals surface area contributed by atoms with E-state index in [-0.39, 0.29) is 0 Å². The summed E-state index contributed by atoms with van der Waals surface area (Å²) < 4.78 is 0. The monoisotopic (exact) mass is 149 g/mol. The zero-order chi connectivity index (χ0) is 7.26. The summed E-state index contributed by atoms with van der Waals surface area (Å²) >= 11 is 0. The second kappa shape index (κ2) is 2.10. The normalized spacial score (nSPS) is 53.1. The van der Waals surface area contributed by atoms with E-state index in [1.807, 2.05) is 0 Å². The molecule has 4 atom stereocenters. The molecule has 1 unspecified atom stereocenters. The lowest BCUT2D eigenvalue weighted by Gasteiger charge is -2.36. The van der Waals surface area contributed by atoms with Crippen LogP contribution in [0.25, 0.3) is 0 Å². The topological polar surface area (TPSA) is 3.24 Å². The molecule has 2 saturated heterocycles. The fourth-order valence-electron chi connectivity index (χ4n) is 3.19. The first-order chi connectivity index (χ1) is 5.45. The van der Waals surface area contributed by atoms with Crippen LogP contribution in [0.15, 0.2) is 12.2 Å². The number of nitrogens with zero attached hydrogens (tertiary/aromatic N) is 1. The first kappa shape index (κ1) is 6.24. The van der Waals surface area contributed by atoms with Gasteiger partial charge in [-0.25, -0.2) is 0 Å². The highest BCUT2D eigenvalue weighted by Crippen LogP contribution is 2.41. The molecule has 11 heavy (non-hydrogen) atoms. The van der Waals surface area contributed by atoms with Crippen molar-refractivity contribution in [3.63, 3.8) is 0 Å². The number of piperidine rings is 1. The van der Waals surface area contributed by atoms with Crippen LogP contribution < -0.4 is 0 Å². The lowest BCUT2D eigenvalue weighted by atomic mass is 9.91. The van der Waals surface area contributed by atoms with Gasteiger partial charge in [0.1, 0.15) is 0 Å². The molecule has 2 fully saturated rings. The second-order valence-corrected chi connectivity index (χ2v) is 4.17. The van der Waals surface area contributed by atoms with Crippen LogP contribution in [-0.4, -0.2) is 23.5 Å². The minimum atomic E-state index is 0.834. The number of hydrogen-bond acceptors (Lipinski definition) is 1. The predicted octanol–water partition coefficient (Wildman–Crippen LogP) is 1.80. The Hall–Kier alpha value is -0.300. The van der Waals surface area contributed by atoms with Gasteiger partial charge in [-0.2, -0.15) is 0 Å². The maximum absolute atomic E-state index is 2.73. The van der Waals surface area contributed by atoms with Crippen molar-refractivity contribution in [2.24, 2.45) is 5.92 Å². The van der Waals surface area contributed by atoms with Gasteiger partial charge in [0.25, 0.3) is 0 Å². The van der Waals surface area contributed by atoms with E-state index in [0.29, 0.717) is 0 Å². The molecule has 0 aromatic carbocycles. The van der Waals surface area contributed by atoms with E-state index in [2.05, 4.69) is 17.1 Å². The summed E-state index contributed by atoms with van der Waals surface area (Å²) in [5.41, 5.74) is 0. The van der Waals surface area contributed by atoms with Crippen molar-refractivity contribution < 1.29 is 0 Å². The number of hydrogen-bond donors (Lipinski definition) is 0. The summed E-state index contributed by atoms with van der Waals surface area (Å²) in [7, 11) is 0. The van der Waals surface area contributed by atoms with Crippen molar-refractivity contribution in [2.45, 2.75) is 37.8 Å². The first-order valence-corrected chi connectivity index (χ1v) is 4.87. The van der Waals surface area contributed by atoms with Crippen LogP contribution in [0, 0.1) is 5.92 Å². The van der Waals surface area contributed by atoms with Gasteiger partial charge in [0.2, 0.25) is 0 Å². The molecule has 0 aromatic rings. The molecular formula is C10H15N. The minimum absolute atomic E-state index is 0.834. The Morgan fingerprint density at radius 2 is 2.36 bits per heavy atom. The van der Waals surface area contributed by atoms with Crippen LogP contribution in [0.5, 0.6) is 0 Å². The maximum Gasteiger partial charge on any atom is 0.0284 e. The van der Waals surface area contributed by atoms with Gasteiger partial charge in [0.15, 0.2) is 0 Å². The molecule has 1 nitrogen and oxygen atoms in total. The summed E-state index contributed by atoms with van der Waals surface area (Å²) in [6, 6.07) is 1.78. The highest BCUT2D eigenvalue weighted by Gasteiger charge is 2.43. The molecular weight excluding hydrogens is 134 g/mol. The Morgan fingerprint density at radius 1 is 1.36 bits per heavy atom. The third-order valence-electron chi connectivity index (χ3n) is 3.67. The van der Waals surface area contributed by atoms with Gasteiger partial charge in [0, 0.05) is 12.1 Å². The third-order valence-corrected chi connectivity index (χ3v) is 3.67. The minimum Gasteiger partial charge on any atom is -0.293 e. The average Bonchev–Trinajstić information content (AvgIpc) is 2.31. The van der Waals surface area contributed by atoms with Gasteiger partial charge in [0.05, 0.1) is 0 Å². The summed E-state index contributed by atoms with van der Waals surface area (Å²) in [4.78, 5) is 2.73. The Kier molecular flexibility index (Phi) is 1.19. The summed E-state index contributed by atoms with van der Waals surface area (Å²) in [6.45, 7) is 1.37. The standard InChI is InChI=1S/C10H15N/c1-4-9-7-8-3-2-6-11(9)10(8)5-1/h1,4,8-10H,2-3,5-7H2/t8-,9-,10+/m0/s1. The lowest BCUT2D eigenvalue weighted by Crippen LogP contribution is -2.42. The van der Waals surface area contributed by atoms with Crippen LogP contribution in [0.2, 0.25) is 0 Å². The van der Waals surface area contributed by atoms with Crippen LogP contribution >= 0.6 is 0 Å². The molecule has 0 aromatic heterocycles. The fraction of sp³-hybridized carbons (Fsp3) is 0.800. The molecule has 4 bridgehead atoms. The molecule has 3 aliphatic rings. The molecule has 60 valence electrons. The molecule has 0 aliphatic carbocycles. The summed E-state index contributed by atoms with van der Waals surface area (Å²) in [6.07, 6.45) is 10.6. The maximum atomic E-state index is 2.73. The molecule has 3 aliphatic heterocycles. The van der Waals surface area contributed by atoms with E-state index in [1.54, 1.807) is 0 Å². The van der Waals surface area contributed by atoms with E-state index in [9.17, 15) is 0 Å². The van der Waals surface area contributed by atoms with Crippen LogP contribution in [-0.2, 0) is 0 Å². The van der Waals surface area contributed by atoms with Crippen molar-refractivity contribution in [1.29, 1.82) is 0 Å². The van der Waals surface area contributed by atoms with Crippen molar-refractivity contribution in [3.05, 3.63) is 12.2 Å². The first-order valence-electron chi connectivity index (χ1n) is 4.87. The molecule has 3 heterocycles. The summed E-state index contributed by atoms with van der Waals surface area (Å²) in [5.74, 6) is 1.05. The summed E-state index contributed by atoms with van der Waals surface area (Å²) in [5, 5.41) is 0. The van der Waals surface area contributed by atoms with E-state index in [1.165, 1.54) is 32.2 Å². The van der Waals surface area contributed by atoms with Crippen molar-refractivity contribution >= 4 is 0 Å². The average molecular weight is 149 g/mol. The molecule has 0 amide bonds.